The fourth-order valence-electron chi connectivity index (χ4n) is 2.98. The Bertz CT molecular complexity index is 883. The Morgan fingerprint density at radius 1 is 1.41 bits per heavy atom. The third-order valence-corrected chi connectivity index (χ3v) is 5.60. The van der Waals surface area contributed by atoms with E-state index in [1.807, 2.05) is 13.8 Å². The van der Waals surface area contributed by atoms with Crippen molar-refractivity contribution >= 4 is 17.7 Å². The summed E-state index contributed by atoms with van der Waals surface area (Å²) >= 11 is 1.43. The summed E-state index contributed by atoms with van der Waals surface area (Å²) in [5.74, 6) is 0.411. The van der Waals surface area contributed by atoms with E-state index in [1.165, 1.54) is 23.9 Å². The van der Waals surface area contributed by atoms with Crippen LogP contribution in [0.2, 0.25) is 0 Å². The lowest BCUT2D eigenvalue weighted by molar-refractivity contribution is -0.124. The van der Waals surface area contributed by atoms with Gasteiger partial charge >= 0.3 is 0 Å². The molecule has 8 heteroatoms. The average molecular weight is 391 g/mol. The summed E-state index contributed by atoms with van der Waals surface area (Å²) in [7, 11) is 0. The number of aryl methyl sites for hydroxylation is 1. The van der Waals surface area contributed by atoms with E-state index in [9.17, 15) is 14.0 Å². The molecule has 6 nitrogen and oxygen atoms in total. The molecule has 0 unspecified atom stereocenters. The summed E-state index contributed by atoms with van der Waals surface area (Å²) < 4.78 is 19.9. The number of aromatic nitrogens is 2. The highest BCUT2D eigenvalue weighted by molar-refractivity contribution is 7.99. The largest absolute Gasteiger partial charge is 0.492 e. The number of nitrogens with zero attached hydrogens (tertiary/aromatic N) is 2. The molecule has 0 spiro atoms. The van der Waals surface area contributed by atoms with E-state index in [0.29, 0.717) is 41.7 Å². The summed E-state index contributed by atoms with van der Waals surface area (Å²) in [5.41, 5.74) is 1.42. The summed E-state index contributed by atoms with van der Waals surface area (Å²) in [6.07, 6.45) is 0.625. The predicted octanol–water partition coefficient (Wildman–Crippen LogP) is 2.17. The van der Waals surface area contributed by atoms with Gasteiger partial charge in [0, 0.05) is 23.6 Å². The van der Waals surface area contributed by atoms with Gasteiger partial charge in [-0.1, -0.05) is 18.7 Å². The van der Waals surface area contributed by atoms with Gasteiger partial charge in [-0.2, -0.15) is 0 Å². The average Bonchev–Trinajstić information content (AvgIpc) is 2.66. The first-order valence-electron chi connectivity index (χ1n) is 8.88. The number of hydrogen-bond donors (Lipinski definition) is 1. The lowest BCUT2D eigenvalue weighted by atomic mass is 10.1. The molecular formula is C19H22FN3O3S. The fourth-order valence-corrected chi connectivity index (χ4v) is 4.10. The molecule has 2 aromatic rings. The van der Waals surface area contributed by atoms with E-state index in [0.717, 1.165) is 5.69 Å². The Balaban J connectivity index is 1.54. The number of amides is 1. The van der Waals surface area contributed by atoms with Crippen molar-refractivity contribution in [3.05, 3.63) is 51.7 Å². The molecule has 2 heterocycles. The van der Waals surface area contributed by atoms with Crippen molar-refractivity contribution in [2.75, 3.05) is 18.9 Å². The highest BCUT2D eigenvalue weighted by atomic mass is 32.2. The van der Waals surface area contributed by atoms with Crippen molar-refractivity contribution in [1.29, 1.82) is 0 Å². The van der Waals surface area contributed by atoms with Crippen LogP contribution in [0.1, 0.15) is 18.2 Å². The second-order valence-electron chi connectivity index (χ2n) is 6.33. The van der Waals surface area contributed by atoms with Crippen molar-refractivity contribution < 1.29 is 13.9 Å². The second-order valence-corrected chi connectivity index (χ2v) is 7.32. The molecule has 0 bridgehead atoms. The van der Waals surface area contributed by atoms with Gasteiger partial charge < -0.3 is 10.1 Å². The number of carbonyl (C=O) groups is 1. The Hall–Kier alpha value is -2.35. The Morgan fingerprint density at radius 3 is 2.85 bits per heavy atom. The third kappa shape index (κ3) is 4.50. The highest BCUT2D eigenvalue weighted by Gasteiger charge is 2.27. The quantitative estimate of drug-likeness (QED) is 0.604. The van der Waals surface area contributed by atoms with Crippen LogP contribution in [0, 0.1) is 18.7 Å². The number of ether oxygens (including phenoxy) is 1. The zero-order chi connectivity index (χ0) is 19.4. The number of nitrogens with one attached hydrogen (secondary N) is 1. The van der Waals surface area contributed by atoms with Crippen LogP contribution >= 0.6 is 11.8 Å². The molecule has 3 rings (SSSR count). The maximum absolute atomic E-state index is 12.8. The molecule has 1 atom stereocenters. The first kappa shape index (κ1) is 19.4. The molecule has 0 saturated carbocycles. The third-order valence-electron chi connectivity index (χ3n) is 4.46. The maximum Gasteiger partial charge on any atom is 0.257 e. The number of carbonyl (C=O) groups excluding carboxylic acids is 1. The molecule has 1 aromatic carbocycles. The van der Waals surface area contributed by atoms with Crippen LogP contribution in [-0.2, 0) is 17.8 Å². The molecule has 0 radical (unpaired) electrons. The van der Waals surface area contributed by atoms with Gasteiger partial charge in [0.2, 0.25) is 5.91 Å². The fraction of sp³-hybridized carbons (Fsp3) is 0.421. The van der Waals surface area contributed by atoms with E-state index < -0.39 is 0 Å². The van der Waals surface area contributed by atoms with Crippen LogP contribution in [0.15, 0.2) is 34.2 Å². The van der Waals surface area contributed by atoms with Crippen LogP contribution in [0.4, 0.5) is 4.39 Å². The molecule has 27 heavy (non-hydrogen) atoms. The Kier molecular flexibility index (Phi) is 6.15. The van der Waals surface area contributed by atoms with Gasteiger partial charge in [-0.25, -0.2) is 9.37 Å². The minimum Gasteiger partial charge on any atom is -0.492 e. The zero-order valence-electron chi connectivity index (χ0n) is 15.3. The molecule has 1 amide bonds. The van der Waals surface area contributed by atoms with Crippen LogP contribution in [0.3, 0.4) is 0 Å². The van der Waals surface area contributed by atoms with Gasteiger partial charge in [0.05, 0.1) is 12.5 Å². The Morgan fingerprint density at radius 2 is 2.15 bits per heavy atom. The van der Waals surface area contributed by atoms with Crippen LogP contribution in [-0.4, -0.2) is 34.4 Å². The van der Waals surface area contributed by atoms with Gasteiger partial charge in [-0.15, -0.1) is 0 Å². The standard InChI is InChI=1S/C19H22FN3O3S/c1-3-16-12(2)22-19-23(18(16)25)10-13(11-27-19)17(24)21-8-9-26-15-6-4-14(20)5-7-15/h4-7,13H,3,8-11H2,1-2H3,(H,21,24)/t13-/m1/s1. The van der Waals surface area contributed by atoms with Crippen LogP contribution < -0.4 is 15.6 Å². The molecule has 1 aliphatic rings. The second kappa shape index (κ2) is 8.56. The number of fused-ring (bicyclic) bond motifs is 1. The van der Waals surface area contributed by atoms with Crippen LogP contribution in [0.25, 0.3) is 0 Å². The molecule has 1 N–H and O–H groups in total. The maximum atomic E-state index is 12.8. The molecule has 0 fully saturated rings. The summed E-state index contributed by atoms with van der Waals surface area (Å²) in [5, 5.41) is 3.52. The summed E-state index contributed by atoms with van der Waals surface area (Å²) in [6, 6.07) is 5.72. The van der Waals surface area contributed by atoms with Crippen molar-refractivity contribution in [3.8, 4) is 5.75 Å². The first-order chi connectivity index (χ1) is 13.0. The summed E-state index contributed by atoms with van der Waals surface area (Å²) in [4.78, 5) is 29.5. The molecular weight excluding hydrogens is 369 g/mol. The van der Waals surface area contributed by atoms with Crippen LogP contribution in [0.5, 0.6) is 5.75 Å². The summed E-state index contributed by atoms with van der Waals surface area (Å²) in [6.45, 7) is 4.74. The highest BCUT2D eigenvalue weighted by Crippen LogP contribution is 2.26. The van der Waals surface area contributed by atoms with Gasteiger partial charge in [0.25, 0.3) is 5.56 Å². The lowest BCUT2D eigenvalue weighted by Gasteiger charge is -2.25. The SMILES string of the molecule is CCc1c(C)nc2n(c1=O)C[C@@H](C(=O)NCCOc1ccc(F)cc1)CS2. The topological polar surface area (TPSA) is 73.2 Å². The van der Waals surface area contributed by atoms with E-state index in [1.54, 1.807) is 16.7 Å². The smallest absolute Gasteiger partial charge is 0.257 e. The lowest BCUT2D eigenvalue weighted by Crippen LogP contribution is -2.41. The van der Waals surface area contributed by atoms with Gasteiger partial charge in [-0.05, 0) is 37.6 Å². The van der Waals surface area contributed by atoms with Crippen molar-refractivity contribution in [2.45, 2.75) is 32.0 Å². The van der Waals surface area contributed by atoms with Gasteiger partial charge in [0.15, 0.2) is 5.16 Å². The molecule has 1 aliphatic heterocycles. The number of benzene rings is 1. The number of halogens is 1. The molecule has 0 aliphatic carbocycles. The van der Waals surface area contributed by atoms with Crippen molar-refractivity contribution in [3.63, 3.8) is 0 Å². The predicted molar refractivity (Wildman–Crippen MR) is 102 cm³/mol. The first-order valence-corrected chi connectivity index (χ1v) is 9.87. The monoisotopic (exact) mass is 391 g/mol. The molecule has 1 aromatic heterocycles. The number of hydrogen-bond acceptors (Lipinski definition) is 5. The normalized spacial score (nSPS) is 15.9. The van der Waals surface area contributed by atoms with Gasteiger partial charge in [-0.3, -0.25) is 14.2 Å². The minimum absolute atomic E-state index is 0.0513. The Labute approximate surface area is 161 Å². The van der Waals surface area contributed by atoms with Crippen molar-refractivity contribution in [1.82, 2.24) is 14.9 Å². The van der Waals surface area contributed by atoms with E-state index >= 15 is 0 Å². The minimum atomic E-state index is -0.322. The van der Waals surface area contributed by atoms with Gasteiger partial charge in [0.1, 0.15) is 18.2 Å². The van der Waals surface area contributed by atoms with Crippen molar-refractivity contribution in [2.24, 2.45) is 5.92 Å². The molecule has 0 saturated heterocycles. The number of thioether (sulfide) groups is 1. The van der Waals surface area contributed by atoms with E-state index in [2.05, 4.69) is 10.3 Å². The zero-order valence-corrected chi connectivity index (χ0v) is 16.1. The number of rotatable bonds is 6. The van der Waals surface area contributed by atoms with E-state index in [4.69, 9.17) is 4.74 Å². The molecule has 144 valence electrons. The van der Waals surface area contributed by atoms with E-state index in [-0.39, 0.29) is 29.8 Å².